The van der Waals surface area contributed by atoms with Gasteiger partial charge in [0.2, 0.25) is 5.89 Å². The predicted octanol–water partition coefficient (Wildman–Crippen LogP) is 4.52. The Morgan fingerprint density at radius 3 is 2.74 bits per heavy atom. The van der Waals surface area contributed by atoms with Gasteiger partial charge in [0, 0.05) is 31.0 Å². The molecule has 0 fully saturated rings. The van der Waals surface area contributed by atoms with Crippen LogP contribution in [-0.2, 0) is 13.1 Å². The molecule has 0 aliphatic rings. The first kappa shape index (κ1) is 17.5. The van der Waals surface area contributed by atoms with E-state index in [9.17, 15) is 0 Å². The van der Waals surface area contributed by atoms with Gasteiger partial charge >= 0.3 is 0 Å². The van der Waals surface area contributed by atoms with E-state index < -0.39 is 0 Å². The Morgan fingerprint density at radius 1 is 1.07 bits per heavy atom. The minimum Gasteiger partial charge on any atom is -0.441 e. The highest BCUT2D eigenvalue weighted by atomic mass is 16.4. The van der Waals surface area contributed by atoms with Gasteiger partial charge in [-0.25, -0.2) is 4.98 Å². The fourth-order valence-electron chi connectivity index (χ4n) is 3.34. The van der Waals surface area contributed by atoms with E-state index >= 15 is 0 Å². The standard InChI is InChI=1S/C22H24N4O/c1-3-25(14-15-26-13-7-12-23-26)16-21-17(2)27-22(24-21)20-11-6-9-18-8-4-5-10-19(18)20/h4-13H,3,14-16H2,1-2H3. The van der Waals surface area contributed by atoms with Gasteiger partial charge in [0.25, 0.3) is 0 Å². The Balaban J connectivity index is 1.55. The lowest BCUT2D eigenvalue weighted by Gasteiger charge is -2.19. The quantitative estimate of drug-likeness (QED) is 0.486. The van der Waals surface area contributed by atoms with Gasteiger partial charge in [-0.3, -0.25) is 9.58 Å². The molecule has 0 saturated heterocycles. The first-order valence-electron chi connectivity index (χ1n) is 9.39. The molecule has 2 aromatic heterocycles. The lowest BCUT2D eigenvalue weighted by atomic mass is 10.0. The summed E-state index contributed by atoms with van der Waals surface area (Å²) in [5.41, 5.74) is 2.04. The van der Waals surface area contributed by atoms with E-state index in [0.717, 1.165) is 43.2 Å². The Morgan fingerprint density at radius 2 is 1.93 bits per heavy atom. The van der Waals surface area contributed by atoms with Crippen molar-refractivity contribution < 1.29 is 4.42 Å². The molecule has 4 aromatic rings. The van der Waals surface area contributed by atoms with Crippen LogP contribution in [0.25, 0.3) is 22.2 Å². The van der Waals surface area contributed by atoms with Crippen LogP contribution in [0.2, 0.25) is 0 Å². The first-order valence-corrected chi connectivity index (χ1v) is 9.39. The molecule has 0 unspecified atom stereocenters. The number of hydrogen-bond donors (Lipinski definition) is 0. The minimum absolute atomic E-state index is 0.697. The van der Waals surface area contributed by atoms with E-state index in [1.54, 1.807) is 0 Å². The molecule has 4 rings (SSSR count). The smallest absolute Gasteiger partial charge is 0.227 e. The van der Waals surface area contributed by atoms with Crippen LogP contribution in [0.3, 0.4) is 0 Å². The van der Waals surface area contributed by atoms with Gasteiger partial charge in [-0.2, -0.15) is 5.10 Å². The zero-order valence-electron chi connectivity index (χ0n) is 15.8. The number of fused-ring (bicyclic) bond motifs is 1. The summed E-state index contributed by atoms with van der Waals surface area (Å²) in [4.78, 5) is 7.19. The molecule has 0 saturated carbocycles. The number of oxazole rings is 1. The number of hydrogen-bond acceptors (Lipinski definition) is 4. The van der Waals surface area contributed by atoms with Crippen molar-refractivity contribution in [1.29, 1.82) is 0 Å². The average molecular weight is 360 g/mol. The van der Waals surface area contributed by atoms with Gasteiger partial charge in [-0.1, -0.05) is 43.3 Å². The van der Waals surface area contributed by atoms with E-state index in [1.165, 1.54) is 10.8 Å². The van der Waals surface area contributed by atoms with Crippen molar-refractivity contribution >= 4 is 10.8 Å². The third-order valence-electron chi connectivity index (χ3n) is 4.94. The van der Waals surface area contributed by atoms with Crippen LogP contribution in [0.15, 0.2) is 65.3 Å². The van der Waals surface area contributed by atoms with Crippen LogP contribution in [0.5, 0.6) is 0 Å². The normalized spacial score (nSPS) is 11.5. The van der Waals surface area contributed by atoms with Crippen LogP contribution in [0, 0.1) is 6.92 Å². The van der Waals surface area contributed by atoms with Crippen molar-refractivity contribution in [3.05, 3.63) is 72.4 Å². The minimum atomic E-state index is 0.697. The molecule has 5 heteroatoms. The number of nitrogens with zero attached hydrogens (tertiary/aromatic N) is 4. The molecule has 0 radical (unpaired) electrons. The zero-order chi connectivity index (χ0) is 18.6. The van der Waals surface area contributed by atoms with Gasteiger partial charge in [-0.15, -0.1) is 0 Å². The number of benzene rings is 2. The molecular weight excluding hydrogens is 336 g/mol. The number of likely N-dealkylation sites (N-methyl/N-ethyl adjacent to an activating group) is 1. The Labute approximate surface area is 159 Å². The maximum atomic E-state index is 6.05. The van der Waals surface area contributed by atoms with E-state index in [-0.39, 0.29) is 0 Å². The van der Waals surface area contributed by atoms with Crippen molar-refractivity contribution in [2.24, 2.45) is 0 Å². The van der Waals surface area contributed by atoms with Crippen molar-refractivity contribution in [2.45, 2.75) is 26.9 Å². The lowest BCUT2D eigenvalue weighted by Crippen LogP contribution is -2.27. The van der Waals surface area contributed by atoms with E-state index in [0.29, 0.717) is 5.89 Å². The molecule has 138 valence electrons. The summed E-state index contributed by atoms with van der Waals surface area (Å²) in [5, 5.41) is 6.64. The molecule has 27 heavy (non-hydrogen) atoms. The highest BCUT2D eigenvalue weighted by molar-refractivity contribution is 5.94. The molecule has 0 aliphatic carbocycles. The number of rotatable bonds is 7. The second-order valence-corrected chi connectivity index (χ2v) is 6.69. The topological polar surface area (TPSA) is 47.1 Å². The summed E-state index contributed by atoms with van der Waals surface area (Å²) in [6.07, 6.45) is 3.81. The van der Waals surface area contributed by atoms with E-state index in [4.69, 9.17) is 9.40 Å². The largest absolute Gasteiger partial charge is 0.441 e. The monoisotopic (exact) mass is 360 g/mol. The zero-order valence-corrected chi connectivity index (χ0v) is 15.8. The van der Waals surface area contributed by atoms with E-state index in [1.807, 2.05) is 30.1 Å². The molecule has 0 bridgehead atoms. The third kappa shape index (κ3) is 3.78. The number of aryl methyl sites for hydroxylation is 1. The summed E-state index contributed by atoms with van der Waals surface area (Å²) in [6.45, 7) is 7.69. The summed E-state index contributed by atoms with van der Waals surface area (Å²) >= 11 is 0. The molecule has 0 spiro atoms. The molecule has 0 aliphatic heterocycles. The van der Waals surface area contributed by atoms with Gasteiger partial charge in [0.05, 0.1) is 12.2 Å². The van der Waals surface area contributed by atoms with Crippen LogP contribution >= 0.6 is 0 Å². The summed E-state index contributed by atoms with van der Waals surface area (Å²) < 4.78 is 8.01. The lowest BCUT2D eigenvalue weighted by molar-refractivity contribution is 0.259. The van der Waals surface area contributed by atoms with Crippen molar-refractivity contribution in [1.82, 2.24) is 19.7 Å². The first-order chi connectivity index (χ1) is 13.2. The maximum Gasteiger partial charge on any atom is 0.227 e. The molecule has 0 atom stereocenters. The highest BCUT2D eigenvalue weighted by Crippen LogP contribution is 2.29. The molecule has 0 amide bonds. The third-order valence-corrected chi connectivity index (χ3v) is 4.94. The van der Waals surface area contributed by atoms with Gasteiger partial charge in [-0.05, 0) is 36.4 Å². The van der Waals surface area contributed by atoms with Crippen molar-refractivity contribution in [3.63, 3.8) is 0 Å². The summed E-state index contributed by atoms with van der Waals surface area (Å²) in [7, 11) is 0. The molecular formula is C22H24N4O. The van der Waals surface area contributed by atoms with Crippen LogP contribution in [0.4, 0.5) is 0 Å². The van der Waals surface area contributed by atoms with Crippen molar-refractivity contribution in [2.75, 3.05) is 13.1 Å². The Hall–Kier alpha value is -2.92. The van der Waals surface area contributed by atoms with Gasteiger partial charge < -0.3 is 4.42 Å². The average Bonchev–Trinajstić information content (AvgIpc) is 3.34. The second-order valence-electron chi connectivity index (χ2n) is 6.69. The van der Waals surface area contributed by atoms with Crippen LogP contribution in [-0.4, -0.2) is 32.8 Å². The molecule has 0 N–H and O–H groups in total. The fraction of sp³-hybridized carbons (Fsp3) is 0.273. The molecule has 2 heterocycles. The van der Waals surface area contributed by atoms with Gasteiger partial charge in [0.15, 0.2) is 0 Å². The summed E-state index contributed by atoms with van der Waals surface area (Å²) in [6, 6.07) is 16.5. The maximum absolute atomic E-state index is 6.05. The van der Waals surface area contributed by atoms with Crippen LogP contribution < -0.4 is 0 Å². The SMILES string of the molecule is CCN(CCn1cccn1)Cc1nc(-c2cccc3ccccc23)oc1C. The fourth-order valence-corrected chi connectivity index (χ4v) is 3.34. The predicted molar refractivity (Wildman–Crippen MR) is 107 cm³/mol. The van der Waals surface area contributed by atoms with Crippen LogP contribution in [0.1, 0.15) is 18.4 Å². The summed E-state index contributed by atoms with van der Waals surface area (Å²) in [5.74, 6) is 1.58. The highest BCUT2D eigenvalue weighted by Gasteiger charge is 2.16. The molecule has 2 aromatic carbocycles. The van der Waals surface area contributed by atoms with Crippen molar-refractivity contribution in [3.8, 4) is 11.5 Å². The molecule has 5 nitrogen and oxygen atoms in total. The van der Waals surface area contributed by atoms with Gasteiger partial charge in [0.1, 0.15) is 5.76 Å². The Kier molecular flexibility index (Phi) is 5.03. The van der Waals surface area contributed by atoms with E-state index in [2.05, 4.69) is 59.4 Å². The second kappa shape index (κ2) is 7.76. The Bertz CT molecular complexity index is 1010. The number of aromatic nitrogens is 3.